The van der Waals surface area contributed by atoms with Gasteiger partial charge in [0.25, 0.3) is 0 Å². The first-order chi connectivity index (χ1) is 15.3. The van der Waals surface area contributed by atoms with E-state index in [4.69, 9.17) is 19.3 Å². The number of fused-ring (bicyclic) bond motifs is 3. The summed E-state index contributed by atoms with van der Waals surface area (Å²) in [6.45, 7) is 4.17. The molecule has 0 radical (unpaired) electrons. The zero-order chi connectivity index (χ0) is 21.2. The van der Waals surface area contributed by atoms with Gasteiger partial charge in [-0.1, -0.05) is 43.0 Å². The summed E-state index contributed by atoms with van der Waals surface area (Å²) >= 11 is 0. The van der Waals surface area contributed by atoms with Crippen LogP contribution in [-0.2, 0) is 0 Å². The molecule has 2 aliphatic rings. The quantitative estimate of drug-likeness (QED) is 0.501. The molecule has 5 rings (SSSR count). The van der Waals surface area contributed by atoms with Crippen LogP contribution in [0.5, 0.6) is 17.2 Å². The maximum atomic E-state index is 6.44. The molecule has 5 nitrogen and oxygen atoms in total. The maximum Gasteiger partial charge on any atom is 0.213 e. The second kappa shape index (κ2) is 8.19. The van der Waals surface area contributed by atoms with Crippen LogP contribution in [0.4, 0.5) is 0 Å². The first-order valence-electron chi connectivity index (χ1n) is 10.4. The van der Waals surface area contributed by atoms with Crippen LogP contribution >= 0.6 is 0 Å². The average molecular weight is 412 g/mol. The molecule has 31 heavy (non-hydrogen) atoms. The highest BCUT2D eigenvalue weighted by molar-refractivity contribution is 6.01. The Morgan fingerprint density at radius 1 is 1.06 bits per heavy atom. The summed E-state index contributed by atoms with van der Waals surface area (Å²) in [7, 11) is 1.68. The number of rotatable bonds is 6. The third kappa shape index (κ3) is 3.63. The number of nitrogens with zero attached hydrogens (tertiary/aromatic N) is 2. The molecule has 0 unspecified atom stereocenters. The van der Waals surface area contributed by atoms with Gasteiger partial charge in [0.15, 0.2) is 0 Å². The molecule has 0 bridgehead atoms. The SMILES string of the molecule is C=CCOc1ccc([C@@H]2Oc3ccc(OC)cc3[C@@H]3CC(c4ccccc4)=NN32)cc1. The van der Waals surface area contributed by atoms with Crippen molar-refractivity contribution in [3.63, 3.8) is 0 Å². The van der Waals surface area contributed by atoms with E-state index in [0.717, 1.165) is 46.1 Å². The van der Waals surface area contributed by atoms with Crippen molar-refractivity contribution in [2.75, 3.05) is 13.7 Å². The molecule has 3 aromatic rings. The van der Waals surface area contributed by atoms with E-state index in [0.29, 0.717) is 6.61 Å². The number of hydrogen-bond acceptors (Lipinski definition) is 5. The second-order valence-corrected chi connectivity index (χ2v) is 7.56. The number of ether oxygens (including phenoxy) is 3. The van der Waals surface area contributed by atoms with Crippen LogP contribution in [0.25, 0.3) is 0 Å². The van der Waals surface area contributed by atoms with E-state index in [1.54, 1.807) is 13.2 Å². The predicted octanol–water partition coefficient (Wildman–Crippen LogP) is 5.50. The van der Waals surface area contributed by atoms with Crippen molar-refractivity contribution in [1.82, 2.24) is 5.01 Å². The molecule has 0 fully saturated rings. The predicted molar refractivity (Wildman–Crippen MR) is 121 cm³/mol. The van der Waals surface area contributed by atoms with Gasteiger partial charge in [0, 0.05) is 17.5 Å². The third-order valence-corrected chi connectivity index (χ3v) is 5.64. The van der Waals surface area contributed by atoms with Gasteiger partial charge in [-0.15, -0.1) is 0 Å². The maximum absolute atomic E-state index is 6.44. The Bertz CT molecular complexity index is 1110. The van der Waals surface area contributed by atoms with Gasteiger partial charge in [0.05, 0.1) is 18.9 Å². The molecule has 156 valence electrons. The molecule has 0 amide bonds. The first-order valence-corrected chi connectivity index (χ1v) is 10.4. The minimum Gasteiger partial charge on any atom is -0.497 e. The molecule has 3 aromatic carbocycles. The van der Waals surface area contributed by atoms with E-state index >= 15 is 0 Å². The van der Waals surface area contributed by atoms with Crippen LogP contribution in [-0.4, -0.2) is 24.4 Å². The van der Waals surface area contributed by atoms with Crippen LogP contribution in [0.3, 0.4) is 0 Å². The lowest BCUT2D eigenvalue weighted by Crippen LogP contribution is -2.33. The highest BCUT2D eigenvalue weighted by atomic mass is 16.5. The molecule has 0 saturated heterocycles. The van der Waals surface area contributed by atoms with Gasteiger partial charge in [-0.05, 0) is 48.0 Å². The highest BCUT2D eigenvalue weighted by Gasteiger charge is 2.41. The lowest BCUT2D eigenvalue weighted by Gasteiger charge is -2.38. The second-order valence-electron chi connectivity index (χ2n) is 7.56. The minimum absolute atomic E-state index is 0.0794. The molecule has 0 aromatic heterocycles. The van der Waals surface area contributed by atoms with Crippen LogP contribution < -0.4 is 14.2 Å². The lowest BCUT2D eigenvalue weighted by molar-refractivity contribution is -0.0191. The Hall–Kier alpha value is -3.73. The summed E-state index contributed by atoms with van der Waals surface area (Å²) < 4.78 is 17.5. The van der Waals surface area contributed by atoms with E-state index in [1.807, 2.05) is 54.6 Å². The summed E-state index contributed by atoms with van der Waals surface area (Å²) in [5.41, 5.74) is 4.31. The molecule has 2 aliphatic heterocycles. The van der Waals surface area contributed by atoms with Crippen molar-refractivity contribution >= 4 is 5.71 Å². The van der Waals surface area contributed by atoms with Crippen molar-refractivity contribution in [3.05, 3.63) is 102 Å². The Morgan fingerprint density at radius 3 is 2.58 bits per heavy atom. The fraction of sp³-hybridized carbons (Fsp3) is 0.192. The van der Waals surface area contributed by atoms with Gasteiger partial charge in [-0.3, -0.25) is 0 Å². The number of hydrazone groups is 1. The van der Waals surface area contributed by atoms with Crippen molar-refractivity contribution in [2.24, 2.45) is 5.10 Å². The largest absolute Gasteiger partial charge is 0.497 e. The summed E-state index contributed by atoms with van der Waals surface area (Å²) in [6, 6.07) is 24.4. The van der Waals surface area contributed by atoms with E-state index in [9.17, 15) is 0 Å². The van der Waals surface area contributed by atoms with Crippen molar-refractivity contribution in [3.8, 4) is 17.2 Å². The van der Waals surface area contributed by atoms with Gasteiger partial charge in [-0.25, -0.2) is 5.01 Å². The molecule has 0 spiro atoms. The van der Waals surface area contributed by atoms with Crippen molar-refractivity contribution < 1.29 is 14.2 Å². The fourth-order valence-electron chi connectivity index (χ4n) is 4.10. The summed E-state index contributed by atoms with van der Waals surface area (Å²) in [5, 5.41) is 7.08. The summed E-state index contributed by atoms with van der Waals surface area (Å²) in [5.74, 6) is 2.48. The van der Waals surface area contributed by atoms with E-state index < -0.39 is 0 Å². The van der Waals surface area contributed by atoms with Crippen LogP contribution in [0, 0.1) is 0 Å². The standard InChI is InChI=1S/C26H24N2O3/c1-3-15-30-20-11-9-19(10-12-20)26-28-24(17-23(27-28)18-7-5-4-6-8-18)22-16-21(29-2)13-14-25(22)31-26/h3-14,16,24,26H,1,15,17H2,2H3/t24-,26-/m0/s1. The summed E-state index contributed by atoms with van der Waals surface area (Å²) in [6.07, 6.45) is 2.23. The van der Waals surface area contributed by atoms with Gasteiger partial charge in [0.1, 0.15) is 23.9 Å². The Labute approximate surface area is 182 Å². The fourth-order valence-corrected chi connectivity index (χ4v) is 4.10. The van der Waals surface area contributed by atoms with E-state index in [2.05, 4.69) is 29.8 Å². The monoisotopic (exact) mass is 412 g/mol. The minimum atomic E-state index is -0.319. The van der Waals surface area contributed by atoms with E-state index in [-0.39, 0.29) is 12.3 Å². The third-order valence-electron chi connectivity index (χ3n) is 5.64. The molecule has 5 heteroatoms. The number of methoxy groups -OCH3 is 1. The van der Waals surface area contributed by atoms with Gasteiger partial charge in [-0.2, -0.15) is 5.10 Å². The molecule has 2 atom stereocenters. The Balaban J connectivity index is 1.53. The normalized spacial score (nSPS) is 19.0. The van der Waals surface area contributed by atoms with Crippen LogP contribution in [0.2, 0.25) is 0 Å². The van der Waals surface area contributed by atoms with E-state index in [1.165, 1.54) is 0 Å². The zero-order valence-corrected chi connectivity index (χ0v) is 17.4. The molecule has 2 heterocycles. The number of hydrogen-bond donors (Lipinski definition) is 0. The molecule has 0 saturated carbocycles. The summed E-state index contributed by atoms with van der Waals surface area (Å²) in [4.78, 5) is 0. The first kappa shape index (κ1) is 19.2. The Morgan fingerprint density at radius 2 is 1.84 bits per heavy atom. The van der Waals surface area contributed by atoms with Crippen LogP contribution in [0.15, 0.2) is 90.6 Å². The highest BCUT2D eigenvalue weighted by Crippen LogP contribution is 2.48. The van der Waals surface area contributed by atoms with Crippen molar-refractivity contribution in [2.45, 2.75) is 18.7 Å². The smallest absolute Gasteiger partial charge is 0.213 e. The molecular weight excluding hydrogens is 388 g/mol. The lowest BCUT2D eigenvalue weighted by atomic mass is 9.95. The van der Waals surface area contributed by atoms with Crippen molar-refractivity contribution in [1.29, 1.82) is 0 Å². The number of benzene rings is 3. The Kier molecular flexibility index (Phi) is 5.08. The molecule has 0 aliphatic carbocycles. The molecular formula is C26H24N2O3. The zero-order valence-electron chi connectivity index (χ0n) is 17.4. The topological polar surface area (TPSA) is 43.3 Å². The van der Waals surface area contributed by atoms with Crippen LogP contribution in [0.1, 0.15) is 35.4 Å². The van der Waals surface area contributed by atoms with Gasteiger partial charge in [0.2, 0.25) is 6.23 Å². The van der Waals surface area contributed by atoms with Gasteiger partial charge >= 0.3 is 0 Å². The van der Waals surface area contributed by atoms with Gasteiger partial charge < -0.3 is 14.2 Å². The molecule has 0 N–H and O–H groups in total. The average Bonchev–Trinajstić information content (AvgIpc) is 3.29.